The summed E-state index contributed by atoms with van der Waals surface area (Å²) in [7, 11) is -2.99. The van der Waals surface area contributed by atoms with Gasteiger partial charge in [-0.2, -0.15) is 13.2 Å². The average molecular weight is 569 g/mol. The van der Waals surface area contributed by atoms with Crippen LogP contribution in [0.2, 0.25) is 5.02 Å². The number of carbonyl (C=O) groups excluding carboxylic acids is 1. The van der Waals surface area contributed by atoms with Gasteiger partial charge in [-0.1, -0.05) is 35.9 Å². The molecule has 0 saturated heterocycles. The Labute approximate surface area is 223 Å². The second kappa shape index (κ2) is 12.2. The number of nitrogens with zero attached hydrogens (tertiary/aromatic N) is 1. The lowest BCUT2D eigenvalue weighted by Gasteiger charge is -2.24. The van der Waals surface area contributed by atoms with Gasteiger partial charge in [0, 0.05) is 5.56 Å². The van der Waals surface area contributed by atoms with Crippen molar-refractivity contribution in [3.8, 4) is 11.5 Å². The molecule has 0 atom stereocenters. The first kappa shape index (κ1) is 28.9. The zero-order valence-corrected chi connectivity index (χ0v) is 21.7. The maximum Gasteiger partial charge on any atom is 0.416 e. The molecule has 0 aromatic heterocycles. The number of methoxy groups -OCH3 is 1. The molecule has 0 aliphatic rings. The Bertz CT molecular complexity index is 1410. The first-order valence-corrected chi connectivity index (χ1v) is 12.9. The van der Waals surface area contributed by atoms with Crippen molar-refractivity contribution in [2.75, 3.05) is 31.1 Å². The Kier molecular flexibility index (Phi) is 9.29. The van der Waals surface area contributed by atoms with Crippen molar-refractivity contribution in [3.63, 3.8) is 0 Å². The quantitative estimate of drug-likeness (QED) is 0.242. The molecule has 3 rings (SSSR count). The average Bonchev–Trinajstić information content (AvgIpc) is 2.89. The fourth-order valence-corrected chi connectivity index (χ4v) is 5.35. The molecular formula is C26H24ClF3N2O5S. The van der Waals surface area contributed by atoms with Gasteiger partial charge in [-0.25, -0.2) is 8.42 Å². The van der Waals surface area contributed by atoms with Gasteiger partial charge in [-0.05, 0) is 48.5 Å². The van der Waals surface area contributed by atoms with E-state index in [0.29, 0.717) is 17.6 Å². The van der Waals surface area contributed by atoms with Gasteiger partial charge in [0.2, 0.25) is 0 Å². The molecule has 202 valence electrons. The highest BCUT2D eigenvalue weighted by atomic mass is 35.5. The smallest absolute Gasteiger partial charge is 0.416 e. The molecule has 0 unspecified atom stereocenters. The maximum atomic E-state index is 13.5. The van der Waals surface area contributed by atoms with Crippen LogP contribution in [0.1, 0.15) is 15.9 Å². The number of amides is 1. The summed E-state index contributed by atoms with van der Waals surface area (Å²) in [5.41, 5.74) is -1.28. The van der Waals surface area contributed by atoms with Crippen LogP contribution in [0.5, 0.6) is 11.5 Å². The van der Waals surface area contributed by atoms with Crippen LogP contribution in [0.25, 0.3) is 0 Å². The third-order valence-corrected chi connectivity index (χ3v) is 7.51. The number of sulfonamides is 1. The maximum absolute atomic E-state index is 13.5. The van der Waals surface area contributed by atoms with Gasteiger partial charge in [0.25, 0.3) is 15.9 Å². The van der Waals surface area contributed by atoms with Crippen LogP contribution in [0.4, 0.5) is 18.9 Å². The highest BCUT2D eigenvalue weighted by Gasteiger charge is 2.33. The van der Waals surface area contributed by atoms with Crippen molar-refractivity contribution in [2.24, 2.45) is 0 Å². The molecule has 0 heterocycles. The van der Waals surface area contributed by atoms with Gasteiger partial charge in [0.1, 0.15) is 11.5 Å². The van der Waals surface area contributed by atoms with Gasteiger partial charge in [-0.3, -0.25) is 9.10 Å². The summed E-state index contributed by atoms with van der Waals surface area (Å²) in [5.74, 6) is 0.410. The summed E-state index contributed by atoms with van der Waals surface area (Å²) in [6.07, 6.45) is -3.45. The summed E-state index contributed by atoms with van der Waals surface area (Å²) in [5, 5.41) is 2.41. The highest BCUT2D eigenvalue weighted by molar-refractivity contribution is 7.93. The van der Waals surface area contributed by atoms with Crippen LogP contribution >= 0.6 is 11.6 Å². The molecule has 0 saturated carbocycles. The molecule has 0 aliphatic heterocycles. The molecule has 0 radical (unpaired) electrons. The fourth-order valence-electron chi connectivity index (χ4n) is 3.42. The second-order valence-corrected chi connectivity index (χ2v) is 10.0. The fraction of sp³-hybridized carbons (Fsp3) is 0.192. The van der Waals surface area contributed by atoms with Crippen LogP contribution in [-0.4, -0.2) is 41.1 Å². The number of hydrogen-bond donors (Lipinski definition) is 1. The Morgan fingerprint density at radius 3 is 2.45 bits per heavy atom. The number of nitrogens with one attached hydrogen (secondary N) is 1. The molecule has 1 N–H and O–H groups in total. The highest BCUT2D eigenvalue weighted by Crippen LogP contribution is 2.34. The lowest BCUT2D eigenvalue weighted by Crippen LogP contribution is -2.32. The lowest BCUT2D eigenvalue weighted by molar-refractivity contribution is -0.137. The molecule has 1 amide bonds. The van der Waals surface area contributed by atoms with E-state index in [4.69, 9.17) is 21.1 Å². The summed E-state index contributed by atoms with van der Waals surface area (Å²) in [6.45, 7) is 3.36. The van der Waals surface area contributed by atoms with Crippen LogP contribution < -0.4 is 19.1 Å². The van der Waals surface area contributed by atoms with Crippen molar-refractivity contribution in [1.82, 2.24) is 5.32 Å². The topological polar surface area (TPSA) is 84.9 Å². The van der Waals surface area contributed by atoms with E-state index >= 15 is 0 Å². The zero-order chi connectivity index (χ0) is 27.9. The first-order valence-electron chi connectivity index (χ1n) is 11.1. The largest absolute Gasteiger partial charge is 0.493 e. The number of benzene rings is 3. The number of anilines is 1. The normalized spacial score (nSPS) is 11.5. The van der Waals surface area contributed by atoms with E-state index in [9.17, 15) is 26.4 Å². The molecule has 3 aromatic rings. The van der Waals surface area contributed by atoms with E-state index < -0.39 is 32.6 Å². The Hall–Kier alpha value is -3.70. The van der Waals surface area contributed by atoms with E-state index in [1.165, 1.54) is 31.4 Å². The van der Waals surface area contributed by atoms with Crippen LogP contribution in [-0.2, 0) is 16.2 Å². The predicted octanol–water partition coefficient (Wildman–Crippen LogP) is 5.56. The molecule has 0 fully saturated rings. The second-order valence-electron chi connectivity index (χ2n) is 7.77. The van der Waals surface area contributed by atoms with Gasteiger partial charge in [0.05, 0.1) is 36.5 Å². The van der Waals surface area contributed by atoms with E-state index in [1.54, 1.807) is 24.3 Å². The standard InChI is InChI=1S/C26H24ClF3N2O5S/c1-3-14-32(20-8-6-7-19(17-20)26(28,29)30)38(34,35)24-16-18(11-12-21(24)27)25(33)31-13-15-37-23-10-5-4-9-22(23)36-2/h3-12,16-17H,1,13-15H2,2H3,(H,31,33). The number of alkyl halides is 3. The molecule has 0 aliphatic carbocycles. The summed E-state index contributed by atoms with van der Waals surface area (Å²) in [6, 6.07) is 14.5. The number of hydrogen-bond acceptors (Lipinski definition) is 5. The summed E-state index contributed by atoms with van der Waals surface area (Å²) >= 11 is 6.17. The van der Waals surface area contributed by atoms with E-state index in [0.717, 1.165) is 22.5 Å². The van der Waals surface area contributed by atoms with Crippen molar-refractivity contribution in [2.45, 2.75) is 11.1 Å². The third-order valence-electron chi connectivity index (χ3n) is 5.23. The molecule has 3 aromatic carbocycles. The summed E-state index contributed by atoms with van der Waals surface area (Å²) in [4.78, 5) is 12.3. The molecule has 7 nitrogen and oxygen atoms in total. The molecule has 0 spiro atoms. The SMILES string of the molecule is C=CCN(c1cccc(C(F)(F)F)c1)S(=O)(=O)c1cc(C(=O)NCCOc2ccccc2OC)ccc1Cl. The minimum absolute atomic E-state index is 0.0205. The Morgan fingerprint density at radius 2 is 1.79 bits per heavy atom. The monoisotopic (exact) mass is 568 g/mol. The third kappa shape index (κ3) is 6.78. The van der Waals surface area contributed by atoms with Crippen molar-refractivity contribution < 1.29 is 35.9 Å². The van der Waals surface area contributed by atoms with Gasteiger partial charge < -0.3 is 14.8 Å². The van der Waals surface area contributed by atoms with Crippen molar-refractivity contribution >= 4 is 33.2 Å². The van der Waals surface area contributed by atoms with Crippen molar-refractivity contribution in [3.05, 3.63) is 95.5 Å². The predicted molar refractivity (Wildman–Crippen MR) is 138 cm³/mol. The molecule has 38 heavy (non-hydrogen) atoms. The molecule has 12 heteroatoms. The number of para-hydroxylation sites is 2. The van der Waals surface area contributed by atoms with Crippen LogP contribution in [0.15, 0.2) is 84.3 Å². The van der Waals surface area contributed by atoms with E-state index in [1.807, 2.05) is 0 Å². The van der Waals surface area contributed by atoms with E-state index in [-0.39, 0.29) is 36.0 Å². The minimum Gasteiger partial charge on any atom is -0.493 e. The van der Waals surface area contributed by atoms with E-state index in [2.05, 4.69) is 11.9 Å². The molecule has 0 bridgehead atoms. The summed E-state index contributed by atoms with van der Waals surface area (Å²) < 4.78 is 78.2. The number of carbonyl (C=O) groups is 1. The zero-order valence-electron chi connectivity index (χ0n) is 20.2. The lowest BCUT2D eigenvalue weighted by atomic mass is 10.2. The number of ether oxygens (including phenoxy) is 2. The Morgan fingerprint density at radius 1 is 1.08 bits per heavy atom. The van der Waals surface area contributed by atoms with Crippen LogP contribution in [0, 0.1) is 0 Å². The first-order chi connectivity index (χ1) is 18.0. The number of halogens is 4. The minimum atomic E-state index is -4.68. The van der Waals surface area contributed by atoms with Crippen molar-refractivity contribution in [1.29, 1.82) is 0 Å². The van der Waals surface area contributed by atoms with Gasteiger partial charge >= 0.3 is 6.18 Å². The van der Waals surface area contributed by atoms with Crippen LogP contribution in [0.3, 0.4) is 0 Å². The van der Waals surface area contributed by atoms with Gasteiger partial charge in [-0.15, -0.1) is 6.58 Å². The number of rotatable bonds is 11. The Balaban J connectivity index is 1.81. The van der Waals surface area contributed by atoms with Gasteiger partial charge in [0.15, 0.2) is 11.5 Å². The molecular weight excluding hydrogens is 545 g/mol.